The summed E-state index contributed by atoms with van der Waals surface area (Å²) in [5.74, 6) is -2.56. The molecule has 0 aliphatic carbocycles. The average molecular weight is 826 g/mol. The number of azo groups is 2. The summed E-state index contributed by atoms with van der Waals surface area (Å²) in [5, 5.41) is 85.0. The summed E-state index contributed by atoms with van der Waals surface area (Å²) in [7, 11) is -9.09. The summed E-state index contributed by atoms with van der Waals surface area (Å²) in [6.07, 6.45) is 0. The molecular weight excluding hydrogens is 809 g/mol. The van der Waals surface area contributed by atoms with Gasteiger partial charge in [0.05, 0.1) is 42.4 Å². The molecule has 0 bridgehead atoms. The SMILES string of the molecule is O=[N+]([O-])c1ccc(N=Nc2c([O-])ccc3cc(S(=O)(=O)O)ccc23)c([O-])c1.O=[N+]([O-])c1ccc(N=Nc2c([O-])ccc3cc(S(=O)(=O)[O-])ccc23)c([O-])c1.[Cr+3]. The summed E-state index contributed by atoms with van der Waals surface area (Å²) in [5.41, 5.74) is -1.53. The van der Waals surface area contributed by atoms with Crippen molar-refractivity contribution in [1.29, 1.82) is 0 Å². The Bertz CT molecular complexity index is 2610. The van der Waals surface area contributed by atoms with Crippen molar-refractivity contribution in [3.05, 3.63) is 117 Å². The number of nitro groups is 2. The first-order chi connectivity index (χ1) is 25.3. The Morgan fingerprint density at radius 3 is 1.27 bits per heavy atom. The fraction of sp³-hybridized carbons (Fsp3) is 0. The van der Waals surface area contributed by atoms with Gasteiger partial charge in [-0.05, 0) is 47.2 Å². The maximum Gasteiger partial charge on any atom is 3.00 e. The van der Waals surface area contributed by atoms with Crippen molar-refractivity contribution >= 4 is 75.9 Å². The molecule has 6 aromatic carbocycles. The Balaban J connectivity index is 0.000000240. The molecule has 0 aliphatic rings. The van der Waals surface area contributed by atoms with Crippen molar-refractivity contribution in [1.82, 2.24) is 0 Å². The second-order valence-corrected chi connectivity index (χ2v) is 13.5. The van der Waals surface area contributed by atoms with Crippen LogP contribution in [0.4, 0.5) is 34.1 Å². The van der Waals surface area contributed by atoms with Gasteiger partial charge in [0.15, 0.2) is 0 Å². The van der Waals surface area contributed by atoms with Crippen LogP contribution in [0.5, 0.6) is 23.0 Å². The molecule has 0 spiro atoms. The zero-order chi connectivity index (χ0) is 39.5. The van der Waals surface area contributed by atoms with Gasteiger partial charge in [-0.15, -0.1) is 0 Å². The van der Waals surface area contributed by atoms with E-state index in [1.807, 2.05) is 0 Å². The van der Waals surface area contributed by atoms with Crippen molar-refractivity contribution in [2.75, 3.05) is 0 Å². The molecule has 0 aliphatic heterocycles. The van der Waals surface area contributed by atoms with Crippen molar-refractivity contribution in [2.45, 2.75) is 9.79 Å². The molecule has 1 radical (unpaired) electrons. The van der Waals surface area contributed by atoms with Crippen LogP contribution in [0.25, 0.3) is 21.5 Å². The third kappa shape index (κ3) is 9.50. The van der Waals surface area contributed by atoms with Gasteiger partial charge in [0.2, 0.25) is 0 Å². The van der Waals surface area contributed by atoms with E-state index in [0.29, 0.717) is 5.39 Å². The fourth-order valence-corrected chi connectivity index (χ4v) is 5.69. The Kier molecular flexibility index (Phi) is 12.1. The molecule has 0 saturated heterocycles. The third-order valence-electron chi connectivity index (χ3n) is 7.26. The van der Waals surface area contributed by atoms with Gasteiger partial charge in [0.1, 0.15) is 10.1 Å². The van der Waals surface area contributed by atoms with E-state index in [2.05, 4.69) is 20.5 Å². The molecule has 0 unspecified atom stereocenters. The van der Waals surface area contributed by atoms with Crippen LogP contribution in [-0.2, 0) is 37.6 Å². The molecular formula is C32H17CrN6O14S2-2. The molecule has 55 heavy (non-hydrogen) atoms. The van der Waals surface area contributed by atoms with E-state index in [-0.39, 0.29) is 61.2 Å². The zero-order valence-corrected chi connectivity index (χ0v) is 29.8. The molecule has 279 valence electrons. The number of nitrogens with zero attached hydrogens (tertiary/aromatic N) is 6. The minimum atomic E-state index is -4.67. The first-order valence-electron chi connectivity index (χ1n) is 14.5. The van der Waals surface area contributed by atoms with Crippen LogP contribution in [0.1, 0.15) is 0 Å². The Morgan fingerprint density at radius 2 is 0.909 bits per heavy atom. The van der Waals surface area contributed by atoms with Crippen LogP contribution in [-0.4, -0.2) is 35.8 Å². The van der Waals surface area contributed by atoms with E-state index in [1.54, 1.807) is 0 Å². The molecule has 1 N–H and O–H groups in total. The first-order valence-corrected chi connectivity index (χ1v) is 17.3. The van der Waals surface area contributed by atoms with Crippen LogP contribution in [0, 0.1) is 20.2 Å². The van der Waals surface area contributed by atoms with E-state index >= 15 is 0 Å². The van der Waals surface area contributed by atoms with Gasteiger partial charge in [-0.2, -0.15) is 28.9 Å². The maximum absolute atomic E-state index is 12.1. The Hall–Kier alpha value is -6.61. The molecule has 0 aromatic heterocycles. The number of hydrogen-bond donors (Lipinski definition) is 1. The van der Waals surface area contributed by atoms with Gasteiger partial charge in [-0.25, -0.2) is 8.42 Å². The van der Waals surface area contributed by atoms with Gasteiger partial charge >= 0.3 is 17.4 Å². The predicted octanol–water partition coefficient (Wildman–Crippen LogP) is 4.77. The predicted molar refractivity (Wildman–Crippen MR) is 178 cm³/mol. The van der Waals surface area contributed by atoms with E-state index in [9.17, 15) is 62.0 Å². The summed E-state index contributed by atoms with van der Waals surface area (Å²) in [4.78, 5) is 19.0. The first kappa shape index (κ1) is 41.2. The van der Waals surface area contributed by atoms with E-state index in [1.165, 1.54) is 24.3 Å². The van der Waals surface area contributed by atoms with E-state index in [0.717, 1.165) is 72.8 Å². The fourth-order valence-electron chi connectivity index (χ4n) is 4.67. The smallest absolute Gasteiger partial charge is 0.871 e. The van der Waals surface area contributed by atoms with Crippen molar-refractivity contribution in [3.8, 4) is 23.0 Å². The minimum absolute atomic E-state index is 0. The molecule has 23 heteroatoms. The zero-order valence-electron chi connectivity index (χ0n) is 26.9. The maximum atomic E-state index is 12.1. The van der Waals surface area contributed by atoms with Gasteiger partial charge in [0.25, 0.3) is 21.5 Å². The molecule has 6 aromatic rings. The van der Waals surface area contributed by atoms with Gasteiger partial charge < -0.3 is 25.0 Å². The quantitative estimate of drug-likeness (QED) is 0.0935. The van der Waals surface area contributed by atoms with Crippen LogP contribution in [0.3, 0.4) is 0 Å². The van der Waals surface area contributed by atoms with Gasteiger partial charge in [-0.1, -0.05) is 59.4 Å². The van der Waals surface area contributed by atoms with Crippen molar-refractivity contribution < 1.29 is 73.6 Å². The number of fused-ring (bicyclic) bond motifs is 2. The Morgan fingerprint density at radius 1 is 0.509 bits per heavy atom. The number of benzene rings is 6. The molecule has 0 atom stereocenters. The molecule has 0 amide bonds. The van der Waals surface area contributed by atoms with Crippen LogP contribution >= 0.6 is 0 Å². The second kappa shape index (κ2) is 16.2. The normalized spacial score (nSPS) is 11.7. The number of nitro benzene ring substituents is 2. The number of rotatable bonds is 8. The molecule has 0 saturated carbocycles. The topological polar surface area (TPSA) is 340 Å². The number of non-ortho nitro benzene ring substituents is 2. The summed E-state index contributed by atoms with van der Waals surface area (Å²) in [6.45, 7) is 0. The molecule has 0 heterocycles. The number of hydrogen-bond acceptors (Lipinski definition) is 17. The summed E-state index contributed by atoms with van der Waals surface area (Å²) >= 11 is 0. The van der Waals surface area contributed by atoms with Crippen molar-refractivity contribution in [2.24, 2.45) is 20.5 Å². The molecule has 20 nitrogen and oxygen atoms in total. The van der Waals surface area contributed by atoms with Crippen LogP contribution in [0.15, 0.2) is 127 Å². The van der Waals surface area contributed by atoms with Crippen molar-refractivity contribution in [3.63, 3.8) is 0 Å². The van der Waals surface area contributed by atoms with Crippen LogP contribution in [0.2, 0.25) is 0 Å². The molecule has 0 fully saturated rings. The Labute approximate surface area is 318 Å². The van der Waals surface area contributed by atoms with E-state index in [4.69, 9.17) is 4.55 Å². The van der Waals surface area contributed by atoms with E-state index < -0.39 is 69.4 Å². The standard InChI is InChI=1S/2C16H11N3O7S.Cr/c2*20-14-6-1-9-7-11(27(24,25)26)3-4-12(9)16(14)18-17-13-5-2-10(19(22)23)8-15(13)21;/h2*1-8,20-21H,(H,24,25,26);/q;;+3/p-5. The summed E-state index contributed by atoms with van der Waals surface area (Å²) in [6, 6.07) is 17.8. The molecule has 6 rings (SSSR count). The van der Waals surface area contributed by atoms with Gasteiger partial charge in [0, 0.05) is 35.0 Å². The van der Waals surface area contributed by atoms with Gasteiger partial charge in [-0.3, -0.25) is 24.8 Å². The third-order valence-corrected chi connectivity index (χ3v) is 8.94. The average Bonchev–Trinajstić information content (AvgIpc) is 3.10. The minimum Gasteiger partial charge on any atom is -0.871 e. The van der Waals surface area contributed by atoms with Crippen LogP contribution < -0.4 is 20.4 Å². The monoisotopic (exact) mass is 825 g/mol. The second-order valence-electron chi connectivity index (χ2n) is 10.7. The largest absolute Gasteiger partial charge is 3.00 e. The summed E-state index contributed by atoms with van der Waals surface area (Å²) < 4.78 is 64.9.